The second-order valence-corrected chi connectivity index (χ2v) is 12.5. The number of rotatable bonds is 17. The van der Waals surface area contributed by atoms with Crippen molar-refractivity contribution in [3.8, 4) is 23.0 Å². The van der Waals surface area contributed by atoms with Crippen LogP contribution in [0.25, 0.3) is 0 Å². The lowest BCUT2D eigenvalue weighted by Crippen LogP contribution is -2.43. The molecule has 0 saturated heterocycles. The summed E-state index contributed by atoms with van der Waals surface area (Å²) in [6, 6.07) is 8.79. The van der Waals surface area contributed by atoms with Crippen LogP contribution in [-0.2, 0) is 22.4 Å². The molecule has 0 radical (unpaired) electrons. The van der Waals surface area contributed by atoms with Crippen molar-refractivity contribution < 1.29 is 34.3 Å². The largest absolute Gasteiger partial charge is 0.504 e. The lowest BCUT2D eigenvalue weighted by Gasteiger charge is -2.32. The first-order valence-electron chi connectivity index (χ1n) is 15.9. The Kier molecular flexibility index (Phi) is 13.7. The number of guanidine groups is 1. The predicted octanol–water partition coefficient (Wildman–Crippen LogP) is 4.53. The van der Waals surface area contributed by atoms with E-state index in [0.717, 1.165) is 24.0 Å². The molecule has 7 N–H and O–H groups in total. The van der Waals surface area contributed by atoms with E-state index in [0.29, 0.717) is 55.8 Å². The van der Waals surface area contributed by atoms with E-state index in [4.69, 9.17) is 19.9 Å². The van der Waals surface area contributed by atoms with E-state index in [1.165, 1.54) is 14.2 Å². The van der Waals surface area contributed by atoms with Gasteiger partial charge in [-0.3, -0.25) is 9.79 Å². The molecule has 0 aromatic heterocycles. The summed E-state index contributed by atoms with van der Waals surface area (Å²) >= 11 is 0. The monoisotopic (exact) mass is 640 g/mol. The zero-order chi connectivity index (χ0) is 33.9. The van der Waals surface area contributed by atoms with E-state index < -0.39 is 11.9 Å². The van der Waals surface area contributed by atoms with Gasteiger partial charge in [0.05, 0.1) is 12.8 Å². The minimum Gasteiger partial charge on any atom is -0.504 e. The van der Waals surface area contributed by atoms with Crippen LogP contribution in [0.15, 0.2) is 47.5 Å². The number of phenols is 2. The molecule has 11 nitrogen and oxygen atoms in total. The fourth-order valence-electron chi connectivity index (χ4n) is 6.03. The summed E-state index contributed by atoms with van der Waals surface area (Å²) in [4.78, 5) is 16.8. The van der Waals surface area contributed by atoms with Crippen molar-refractivity contribution in [3.63, 3.8) is 0 Å². The van der Waals surface area contributed by atoms with Gasteiger partial charge in [-0.25, -0.2) is 0 Å². The molecule has 46 heavy (non-hydrogen) atoms. The Morgan fingerprint density at radius 2 is 1.91 bits per heavy atom. The number of ether oxygens (including phenoxy) is 3. The van der Waals surface area contributed by atoms with Gasteiger partial charge >= 0.3 is 0 Å². The summed E-state index contributed by atoms with van der Waals surface area (Å²) < 4.78 is 16.9. The number of carbonyl (C=O) groups excluding carboxylic acids is 1. The van der Waals surface area contributed by atoms with Crippen LogP contribution >= 0.6 is 0 Å². The van der Waals surface area contributed by atoms with Crippen LogP contribution in [0.3, 0.4) is 0 Å². The standard InChI is InChI=1S/C35H52N4O7/c1-22(2)26(9-11-27(40)10-7-23-8-12-29(41)30(17-23)44-5)15-25-16-28(39-34(36)38-4)33(43)31(18-25)46-35(21-37-3)14-13-24(20-35)19-32(42)45-6/h8-9,11-12,16-18,22,24,26,32,37,41-43H,7,10,13-15,19-21H2,1-6H3,(H3,36,38,39). The van der Waals surface area contributed by atoms with Crippen molar-refractivity contribution in [2.45, 2.75) is 70.7 Å². The Labute approximate surface area is 272 Å². The molecule has 1 saturated carbocycles. The van der Waals surface area contributed by atoms with Gasteiger partial charge in [0.2, 0.25) is 0 Å². The van der Waals surface area contributed by atoms with E-state index >= 15 is 0 Å². The van der Waals surface area contributed by atoms with Crippen LogP contribution in [0.5, 0.6) is 23.0 Å². The number of nitrogens with one attached hydrogen (secondary N) is 2. The summed E-state index contributed by atoms with van der Waals surface area (Å²) in [5.41, 5.74) is 7.58. The van der Waals surface area contributed by atoms with Crippen molar-refractivity contribution in [1.82, 2.24) is 5.32 Å². The lowest BCUT2D eigenvalue weighted by molar-refractivity contribution is -0.114. The molecule has 2 aromatic carbocycles. The van der Waals surface area contributed by atoms with Gasteiger partial charge in [0.1, 0.15) is 5.60 Å². The molecule has 0 bridgehead atoms. The molecular formula is C35H52N4O7. The summed E-state index contributed by atoms with van der Waals surface area (Å²) in [6.07, 6.45) is 7.03. The number of likely N-dealkylation sites (N-methyl/N-ethyl adjacent to an activating group) is 1. The van der Waals surface area contributed by atoms with E-state index in [1.54, 1.807) is 31.3 Å². The molecule has 4 atom stereocenters. The molecule has 1 fully saturated rings. The van der Waals surface area contributed by atoms with Gasteiger partial charge in [0.15, 0.2) is 41.0 Å². The average Bonchev–Trinajstić information content (AvgIpc) is 3.41. The normalized spacial score (nSPS) is 19.8. The number of anilines is 1. The minimum absolute atomic E-state index is 0.00472. The number of phenolic OH excluding ortho intramolecular Hbond substituents is 2. The van der Waals surface area contributed by atoms with Gasteiger partial charge < -0.3 is 45.9 Å². The van der Waals surface area contributed by atoms with Crippen molar-refractivity contribution in [1.29, 1.82) is 0 Å². The van der Waals surface area contributed by atoms with E-state index in [1.807, 2.05) is 25.3 Å². The molecule has 0 spiro atoms. The first-order valence-corrected chi connectivity index (χ1v) is 15.9. The third-order valence-electron chi connectivity index (χ3n) is 8.70. The number of aliphatic hydroxyl groups excluding tert-OH is 1. The molecule has 254 valence electrons. The number of hydrogen-bond acceptors (Lipinski definition) is 9. The first-order chi connectivity index (χ1) is 21.9. The fraction of sp³-hybridized carbons (Fsp3) is 0.543. The van der Waals surface area contributed by atoms with Crippen LogP contribution in [0.2, 0.25) is 0 Å². The highest BCUT2D eigenvalue weighted by Gasteiger charge is 2.42. The minimum atomic E-state index is -0.830. The maximum absolute atomic E-state index is 12.8. The number of benzene rings is 2. The van der Waals surface area contributed by atoms with Gasteiger partial charge in [0, 0.05) is 33.5 Å². The summed E-state index contributed by atoms with van der Waals surface area (Å²) in [6.45, 7) is 4.78. The lowest BCUT2D eigenvalue weighted by atomic mass is 9.88. The Hall–Kier alpha value is -3.80. The first kappa shape index (κ1) is 36.7. The van der Waals surface area contributed by atoms with Gasteiger partial charge in [-0.2, -0.15) is 0 Å². The van der Waals surface area contributed by atoms with Crippen molar-refractivity contribution in [2.75, 3.05) is 40.2 Å². The Balaban J connectivity index is 1.83. The molecule has 2 aromatic rings. The molecule has 1 aliphatic carbocycles. The third kappa shape index (κ3) is 10.4. The second kappa shape index (κ2) is 17.2. The van der Waals surface area contributed by atoms with Crippen molar-refractivity contribution >= 4 is 17.4 Å². The molecule has 1 aliphatic rings. The van der Waals surface area contributed by atoms with E-state index in [9.17, 15) is 20.1 Å². The number of hydrogen-bond donors (Lipinski definition) is 6. The molecule has 4 unspecified atom stereocenters. The number of allylic oxidation sites excluding steroid dienone is 2. The quantitative estimate of drug-likeness (QED) is 0.0475. The number of nitrogens with two attached hydrogens (primary N) is 1. The van der Waals surface area contributed by atoms with Gasteiger partial charge in [0.25, 0.3) is 0 Å². The van der Waals surface area contributed by atoms with Gasteiger partial charge in [-0.15, -0.1) is 0 Å². The van der Waals surface area contributed by atoms with Crippen LogP contribution < -0.4 is 25.8 Å². The number of aliphatic imine (C=N–C) groups is 1. The SMILES string of the molecule is CN=C(N)Nc1cc(CC(C=CC(=O)CCc2ccc(O)c(OC)c2)C(C)C)cc(OC2(CNC)CCC(CC(O)OC)C2)c1O. The van der Waals surface area contributed by atoms with Gasteiger partial charge in [-0.1, -0.05) is 26.0 Å². The van der Waals surface area contributed by atoms with Gasteiger partial charge in [-0.05, 0) is 98.4 Å². The topological polar surface area (TPSA) is 168 Å². The van der Waals surface area contributed by atoms with Crippen LogP contribution in [-0.4, -0.2) is 73.8 Å². The van der Waals surface area contributed by atoms with Crippen LogP contribution in [0.1, 0.15) is 57.1 Å². The van der Waals surface area contributed by atoms with Crippen molar-refractivity contribution in [3.05, 3.63) is 53.6 Å². The number of aromatic hydroxyl groups is 2. The van der Waals surface area contributed by atoms with Crippen molar-refractivity contribution in [2.24, 2.45) is 28.5 Å². The number of carbonyl (C=O) groups is 1. The molecule has 3 rings (SSSR count). The summed E-state index contributed by atoms with van der Waals surface area (Å²) in [5, 5.41) is 37.4. The number of aliphatic hydroxyl groups is 1. The number of ketones is 1. The fourth-order valence-corrected chi connectivity index (χ4v) is 6.03. The highest BCUT2D eigenvalue weighted by atomic mass is 16.6. The maximum atomic E-state index is 12.8. The Morgan fingerprint density at radius 1 is 1.17 bits per heavy atom. The molecule has 0 aliphatic heterocycles. The van der Waals surface area contributed by atoms with E-state index in [-0.39, 0.29) is 41.0 Å². The van der Waals surface area contributed by atoms with Crippen LogP contribution in [0.4, 0.5) is 5.69 Å². The zero-order valence-electron chi connectivity index (χ0n) is 28.0. The smallest absolute Gasteiger partial charge is 0.192 e. The predicted molar refractivity (Wildman–Crippen MR) is 181 cm³/mol. The van der Waals surface area contributed by atoms with Crippen LogP contribution in [0, 0.1) is 17.8 Å². The Bertz CT molecular complexity index is 1360. The zero-order valence-corrected chi connectivity index (χ0v) is 28.0. The average molecular weight is 641 g/mol. The number of aryl methyl sites for hydroxylation is 1. The number of methoxy groups -OCH3 is 2. The third-order valence-corrected chi connectivity index (χ3v) is 8.70. The molecular weight excluding hydrogens is 588 g/mol. The molecule has 0 heterocycles. The maximum Gasteiger partial charge on any atom is 0.192 e. The highest BCUT2D eigenvalue weighted by molar-refractivity contribution is 5.94. The number of nitrogens with zero attached hydrogens (tertiary/aromatic N) is 1. The van der Waals surface area contributed by atoms with E-state index in [2.05, 4.69) is 29.5 Å². The second-order valence-electron chi connectivity index (χ2n) is 12.5. The highest BCUT2D eigenvalue weighted by Crippen LogP contribution is 2.45. The summed E-state index contributed by atoms with van der Waals surface area (Å²) in [7, 11) is 6.41. The summed E-state index contributed by atoms with van der Waals surface area (Å²) in [5.74, 6) is 1.32. The molecule has 11 heteroatoms. The Morgan fingerprint density at radius 3 is 2.57 bits per heavy atom. The molecule has 0 amide bonds.